The SMILES string of the molecule is CCCC1CCN(CC(NC)C(=O)O)CC1. The lowest BCUT2D eigenvalue weighted by molar-refractivity contribution is -0.139. The van der Waals surface area contributed by atoms with Crippen LogP contribution in [0.1, 0.15) is 32.6 Å². The summed E-state index contributed by atoms with van der Waals surface area (Å²) in [5, 5.41) is 11.8. The molecule has 0 amide bonds. The molecule has 4 nitrogen and oxygen atoms in total. The van der Waals surface area contributed by atoms with E-state index in [4.69, 9.17) is 5.11 Å². The van der Waals surface area contributed by atoms with Gasteiger partial charge in [0.2, 0.25) is 0 Å². The number of hydrogen-bond acceptors (Lipinski definition) is 3. The van der Waals surface area contributed by atoms with Crippen molar-refractivity contribution >= 4 is 5.97 Å². The highest BCUT2D eigenvalue weighted by molar-refractivity contribution is 5.73. The van der Waals surface area contributed by atoms with Gasteiger partial charge in [0.15, 0.2) is 0 Å². The zero-order valence-corrected chi connectivity index (χ0v) is 10.4. The van der Waals surface area contributed by atoms with E-state index >= 15 is 0 Å². The second-order valence-electron chi connectivity index (χ2n) is 4.71. The number of aliphatic carboxylic acids is 1. The van der Waals surface area contributed by atoms with Gasteiger partial charge in [-0.15, -0.1) is 0 Å². The second-order valence-corrected chi connectivity index (χ2v) is 4.71. The molecule has 0 radical (unpaired) electrons. The molecule has 4 heteroatoms. The quantitative estimate of drug-likeness (QED) is 0.716. The number of rotatable bonds is 6. The number of hydrogen-bond donors (Lipinski definition) is 2. The molecule has 1 heterocycles. The Morgan fingerprint density at radius 1 is 1.50 bits per heavy atom. The first kappa shape index (κ1) is 13.5. The second kappa shape index (κ2) is 6.86. The standard InChI is InChI=1S/C12H24N2O2/c1-3-4-10-5-7-14(8-6-10)9-11(13-2)12(15)16/h10-11,13H,3-9H2,1-2H3,(H,15,16). The molecule has 0 bridgehead atoms. The van der Waals surface area contributed by atoms with Gasteiger partial charge in [0, 0.05) is 6.54 Å². The Morgan fingerprint density at radius 2 is 2.12 bits per heavy atom. The number of nitrogens with one attached hydrogen (secondary N) is 1. The molecule has 1 aliphatic rings. The number of likely N-dealkylation sites (tertiary alicyclic amines) is 1. The minimum Gasteiger partial charge on any atom is -0.480 e. The topological polar surface area (TPSA) is 52.6 Å². The van der Waals surface area contributed by atoms with Crippen LogP contribution in [0.25, 0.3) is 0 Å². The van der Waals surface area contributed by atoms with Gasteiger partial charge < -0.3 is 15.3 Å². The predicted molar refractivity (Wildman–Crippen MR) is 64.6 cm³/mol. The third-order valence-corrected chi connectivity index (χ3v) is 3.49. The molecule has 1 saturated heterocycles. The molecule has 0 saturated carbocycles. The highest BCUT2D eigenvalue weighted by atomic mass is 16.4. The molecule has 1 rings (SSSR count). The maximum Gasteiger partial charge on any atom is 0.322 e. The molecule has 1 aliphatic heterocycles. The number of carboxylic acids is 1. The molecule has 0 aromatic carbocycles. The molecule has 2 N–H and O–H groups in total. The van der Waals surface area contributed by atoms with Gasteiger partial charge in [-0.25, -0.2) is 0 Å². The van der Waals surface area contributed by atoms with E-state index in [0.29, 0.717) is 6.54 Å². The maximum absolute atomic E-state index is 10.9. The van der Waals surface area contributed by atoms with E-state index in [2.05, 4.69) is 17.1 Å². The normalized spacial score (nSPS) is 20.9. The van der Waals surface area contributed by atoms with Crippen molar-refractivity contribution < 1.29 is 9.90 Å². The number of carboxylic acid groups (broad SMARTS) is 1. The van der Waals surface area contributed by atoms with Gasteiger partial charge in [-0.1, -0.05) is 19.8 Å². The minimum atomic E-state index is -0.752. The van der Waals surface area contributed by atoms with Gasteiger partial charge in [-0.05, 0) is 38.9 Å². The fourth-order valence-corrected chi connectivity index (χ4v) is 2.42. The van der Waals surface area contributed by atoms with Crippen molar-refractivity contribution in [3.05, 3.63) is 0 Å². The van der Waals surface area contributed by atoms with Gasteiger partial charge in [0.05, 0.1) is 0 Å². The van der Waals surface area contributed by atoms with Crippen molar-refractivity contribution in [2.75, 3.05) is 26.7 Å². The summed E-state index contributed by atoms with van der Waals surface area (Å²) in [5.41, 5.74) is 0. The first-order valence-corrected chi connectivity index (χ1v) is 6.29. The molecule has 1 unspecified atom stereocenters. The number of piperidine rings is 1. The van der Waals surface area contributed by atoms with Gasteiger partial charge in [0.1, 0.15) is 6.04 Å². The van der Waals surface area contributed by atoms with Gasteiger partial charge >= 0.3 is 5.97 Å². The third-order valence-electron chi connectivity index (χ3n) is 3.49. The monoisotopic (exact) mass is 228 g/mol. The van der Waals surface area contributed by atoms with Crippen LogP contribution in [0.4, 0.5) is 0 Å². The summed E-state index contributed by atoms with van der Waals surface area (Å²) < 4.78 is 0. The lowest BCUT2D eigenvalue weighted by Crippen LogP contribution is -2.47. The van der Waals surface area contributed by atoms with E-state index in [1.165, 1.54) is 25.7 Å². The van der Waals surface area contributed by atoms with Crippen LogP contribution in [0.3, 0.4) is 0 Å². The summed E-state index contributed by atoms with van der Waals surface area (Å²) in [6, 6.07) is -0.428. The van der Waals surface area contributed by atoms with Crippen molar-refractivity contribution in [1.29, 1.82) is 0 Å². The fourth-order valence-electron chi connectivity index (χ4n) is 2.42. The Bertz CT molecular complexity index is 213. The van der Waals surface area contributed by atoms with Crippen LogP contribution < -0.4 is 5.32 Å². The smallest absolute Gasteiger partial charge is 0.322 e. The van der Waals surface area contributed by atoms with Gasteiger partial charge in [0.25, 0.3) is 0 Å². The van der Waals surface area contributed by atoms with E-state index in [-0.39, 0.29) is 0 Å². The van der Waals surface area contributed by atoms with E-state index in [1.807, 2.05) is 0 Å². The lowest BCUT2D eigenvalue weighted by atomic mass is 9.92. The number of carbonyl (C=O) groups is 1. The van der Waals surface area contributed by atoms with Crippen molar-refractivity contribution in [2.45, 2.75) is 38.6 Å². The van der Waals surface area contributed by atoms with Crippen LogP contribution in [-0.4, -0.2) is 48.7 Å². The Morgan fingerprint density at radius 3 is 2.56 bits per heavy atom. The Hall–Kier alpha value is -0.610. The molecule has 0 aliphatic carbocycles. The molecule has 1 atom stereocenters. The van der Waals surface area contributed by atoms with Gasteiger partial charge in [-0.3, -0.25) is 4.79 Å². The first-order valence-electron chi connectivity index (χ1n) is 6.29. The molecule has 0 spiro atoms. The number of nitrogens with zero attached hydrogens (tertiary/aromatic N) is 1. The molecule has 1 fully saturated rings. The number of likely N-dealkylation sites (N-methyl/N-ethyl adjacent to an activating group) is 1. The fraction of sp³-hybridized carbons (Fsp3) is 0.917. The largest absolute Gasteiger partial charge is 0.480 e. The van der Waals surface area contributed by atoms with Crippen LogP contribution in [0, 0.1) is 5.92 Å². The average Bonchev–Trinajstić information content (AvgIpc) is 2.28. The van der Waals surface area contributed by atoms with Crippen LogP contribution in [0.15, 0.2) is 0 Å². The predicted octanol–water partition coefficient (Wildman–Crippen LogP) is 1.17. The molecular formula is C12H24N2O2. The summed E-state index contributed by atoms with van der Waals surface area (Å²) >= 11 is 0. The Labute approximate surface area is 98.0 Å². The minimum absolute atomic E-state index is 0.428. The Kier molecular flexibility index (Phi) is 5.77. The van der Waals surface area contributed by atoms with E-state index in [1.54, 1.807) is 7.05 Å². The molecule has 0 aromatic rings. The van der Waals surface area contributed by atoms with Crippen molar-refractivity contribution in [2.24, 2.45) is 5.92 Å². The lowest BCUT2D eigenvalue weighted by Gasteiger charge is -2.33. The highest BCUT2D eigenvalue weighted by Gasteiger charge is 2.23. The first-order chi connectivity index (χ1) is 7.67. The van der Waals surface area contributed by atoms with E-state index in [9.17, 15) is 4.79 Å². The summed E-state index contributed by atoms with van der Waals surface area (Å²) in [7, 11) is 1.71. The van der Waals surface area contributed by atoms with Crippen molar-refractivity contribution in [3.8, 4) is 0 Å². The maximum atomic E-state index is 10.9. The van der Waals surface area contributed by atoms with Crippen LogP contribution in [0.5, 0.6) is 0 Å². The molecule has 0 aromatic heterocycles. The summed E-state index contributed by atoms with van der Waals surface area (Å²) in [5.74, 6) is 0.109. The molecule has 94 valence electrons. The van der Waals surface area contributed by atoms with Crippen LogP contribution in [-0.2, 0) is 4.79 Å². The summed E-state index contributed by atoms with van der Waals surface area (Å²) in [4.78, 5) is 13.1. The molecular weight excluding hydrogens is 204 g/mol. The average molecular weight is 228 g/mol. The summed E-state index contributed by atoms with van der Waals surface area (Å²) in [6.45, 7) is 4.96. The third kappa shape index (κ3) is 4.10. The van der Waals surface area contributed by atoms with Crippen LogP contribution >= 0.6 is 0 Å². The molecule has 16 heavy (non-hydrogen) atoms. The summed E-state index contributed by atoms with van der Waals surface area (Å²) in [6.07, 6.45) is 5.04. The highest BCUT2D eigenvalue weighted by Crippen LogP contribution is 2.21. The van der Waals surface area contributed by atoms with Crippen LogP contribution in [0.2, 0.25) is 0 Å². The Balaban J connectivity index is 2.28. The zero-order chi connectivity index (χ0) is 12.0. The van der Waals surface area contributed by atoms with Crippen molar-refractivity contribution in [1.82, 2.24) is 10.2 Å². The van der Waals surface area contributed by atoms with E-state index in [0.717, 1.165) is 19.0 Å². The zero-order valence-electron chi connectivity index (χ0n) is 10.4. The van der Waals surface area contributed by atoms with Gasteiger partial charge in [-0.2, -0.15) is 0 Å². The van der Waals surface area contributed by atoms with Crippen molar-refractivity contribution in [3.63, 3.8) is 0 Å². The van der Waals surface area contributed by atoms with E-state index < -0.39 is 12.0 Å².